The molecule has 0 aliphatic carbocycles. The lowest BCUT2D eigenvalue weighted by Crippen LogP contribution is -2.38. The number of rotatable bonds is 7. The number of ether oxygens (including phenoxy) is 1. The van der Waals surface area contributed by atoms with E-state index in [0.29, 0.717) is 18.7 Å². The van der Waals surface area contributed by atoms with Crippen LogP contribution in [-0.4, -0.2) is 43.6 Å². The van der Waals surface area contributed by atoms with E-state index >= 15 is 0 Å². The number of nitrogens with zero attached hydrogens (tertiary/aromatic N) is 2. The average Bonchev–Trinajstić information content (AvgIpc) is 3.40. The Hall–Kier alpha value is -2.36. The van der Waals surface area contributed by atoms with Crippen LogP contribution in [0, 0.1) is 0 Å². The van der Waals surface area contributed by atoms with Crippen LogP contribution in [0.1, 0.15) is 24.0 Å². The van der Waals surface area contributed by atoms with E-state index in [9.17, 15) is 13.2 Å². The van der Waals surface area contributed by atoms with E-state index in [2.05, 4.69) is 25.2 Å². The Bertz CT molecular complexity index is 1210. The third-order valence-corrected chi connectivity index (χ3v) is 7.71. The molecule has 1 fully saturated rings. The summed E-state index contributed by atoms with van der Waals surface area (Å²) in [6.07, 6.45) is 3.55. The number of halogens is 1. The summed E-state index contributed by atoms with van der Waals surface area (Å²) < 4.78 is 34.7. The first-order valence-electron chi connectivity index (χ1n) is 10.5. The Balaban J connectivity index is 1.48. The number of carbonyl (C=O) groups excluding carboxylic acids is 1. The van der Waals surface area contributed by atoms with Gasteiger partial charge in [0.05, 0.1) is 17.3 Å². The van der Waals surface area contributed by atoms with Crippen molar-refractivity contribution in [3.8, 4) is 0 Å². The van der Waals surface area contributed by atoms with Crippen LogP contribution in [0.25, 0.3) is 10.9 Å². The van der Waals surface area contributed by atoms with Crippen LogP contribution in [0.3, 0.4) is 0 Å². The zero-order valence-corrected chi connectivity index (χ0v) is 20.2. The first-order valence-corrected chi connectivity index (χ1v) is 13.0. The molecule has 4 rings (SSSR count). The fourth-order valence-electron chi connectivity index (χ4n) is 4.18. The van der Waals surface area contributed by atoms with Gasteiger partial charge in [0, 0.05) is 29.1 Å². The Labute approximate surface area is 196 Å². The van der Waals surface area contributed by atoms with Gasteiger partial charge in [-0.2, -0.15) is 0 Å². The largest absolute Gasteiger partial charge is 0.445 e. The normalized spacial score (nSPS) is 16.6. The van der Waals surface area contributed by atoms with E-state index < -0.39 is 10.0 Å². The minimum atomic E-state index is -3.35. The highest BCUT2D eigenvalue weighted by Gasteiger charge is 2.30. The monoisotopic (exact) mass is 519 g/mol. The van der Waals surface area contributed by atoms with Crippen LogP contribution in [0.15, 0.2) is 59.2 Å². The number of aromatic nitrogens is 1. The first-order chi connectivity index (χ1) is 15.4. The van der Waals surface area contributed by atoms with Gasteiger partial charge in [0.15, 0.2) is 0 Å². The second-order valence-electron chi connectivity index (χ2n) is 7.98. The van der Waals surface area contributed by atoms with Crippen molar-refractivity contribution in [2.45, 2.75) is 37.8 Å². The predicted octanol–water partition coefficient (Wildman–Crippen LogP) is 4.25. The van der Waals surface area contributed by atoms with Gasteiger partial charge < -0.3 is 14.2 Å². The number of fused-ring (bicyclic) bond motifs is 1. The van der Waals surface area contributed by atoms with Crippen LogP contribution >= 0.6 is 15.9 Å². The Kier molecular flexibility index (Phi) is 6.88. The Morgan fingerprint density at radius 2 is 1.97 bits per heavy atom. The molecule has 1 unspecified atom stereocenters. The highest BCUT2D eigenvalue weighted by molar-refractivity contribution is 9.10. The van der Waals surface area contributed by atoms with Crippen molar-refractivity contribution >= 4 is 42.9 Å². The molecule has 1 aromatic heterocycles. The van der Waals surface area contributed by atoms with Crippen LogP contribution in [0.5, 0.6) is 0 Å². The van der Waals surface area contributed by atoms with Gasteiger partial charge in [-0.15, -0.1) is 0 Å². The number of likely N-dealkylation sites (tertiary alicyclic amines) is 1. The van der Waals surface area contributed by atoms with Crippen molar-refractivity contribution in [1.82, 2.24) is 14.2 Å². The quantitative estimate of drug-likeness (QED) is 0.505. The third kappa shape index (κ3) is 5.16. The van der Waals surface area contributed by atoms with Crippen molar-refractivity contribution in [3.63, 3.8) is 0 Å². The fraction of sp³-hybridized carbons (Fsp3) is 0.348. The van der Waals surface area contributed by atoms with Crippen LogP contribution in [-0.2, 0) is 33.7 Å². The summed E-state index contributed by atoms with van der Waals surface area (Å²) in [5.74, 6) is -0.0765. The van der Waals surface area contributed by atoms with Crippen molar-refractivity contribution in [2.24, 2.45) is 0 Å². The van der Waals surface area contributed by atoms with Crippen molar-refractivity contribution in [1.29, 1.82) is 0 Å². The number of amides is 1. The Morgan fingerprint density at radius 3 is 2.72 bits per heavy atom. The second-order valence-corrected chi connectivity index (χ2v) is 10.8. The summed E-state index contributed by atoms with van der Waals surface area (Å²) in [4.78, 5) is 14.5. The lowest BCUT2D eigenvalue weighted by atomic mass is 10.2. The molecule has 1 saturated heterocycles. The number of nitrogens with one attached hydrogen (secondary N) is 1. The van der Waals surface area contributed by atoms with Crippen molar-refractivity contribution in [3.05, 3.63) is 70.3 Å². The molecule has 1 aliphatic rings. The van der Waals surface area contributed by atoms with E-state index in [4.69, 9.17) is 4.74 Å². The summed E-state index contributed by atoms with van der Waals surface area (Å²) >= 11 is 3.61. The van der Waals surface area contributed by atoms with Crippen LogP contribution in [0.2, 0.25) is 0 Å². The molecule has 9 heteroatoms. The SMILES string of the molecule is CNS(=O)(=O)Cc1cc(Br)c2c(ccn2CC2CCCN2C(=O)OCc2ccccc2)c1. The van der Waals surface area contributed by atoms with Gasteiger partial charge in [0.2, 0.25) is 10.0 Å². The summed E-state index contributed by atoms with van der Waals surface area (Å²) in [6.45, 7) is 1.60. The van der Waals surface area contributed by atoms with Crippen LogP contribution < -0.4 is 4.72 Å². The zero-order chi connectivity index (χ0) is 22.7. The van der Waals surface area contributed by atoms with Gasteiger partial charge in [0.25, 0.3) is 0 Å². The van der Waals surface area contributed by atoms with Gasteiger partial charge in [0.1, 0.15) is 6.61 Å². The van der Waals surface area contributed by atoms with Gasteiger partial charge in [-0.1, -0.05) is 30.3 Å². The van der Waals surface area contributed by atoms with Gasteiger partial charge in [-0.3, -0.25) is 0 Å². The van der Waals surface area contributed by atoms with Crippen molar-refractivity contribution in [2.75, 3.05) is 13.6 Å². The topological polar surface area (TPSA) is 80.6 Å². The number of sulfonamides is 1. The molecule has 2 heterocycles. The number of hydrogen-bond donors (Lipinski definition) is 1. The average molecular weight is 520 g/mol. The molecule has 0 spiro atoms. The molecule has 170 valence electrons. The lowest BCUT2D eigenvalue weighted by molar-refractivity contribution is 0.0897. The summed E-state index contributed by atoms with van der Waals surface area (Å²) in [5.41, 5.74) is 2.66. The van der Waals surface area contributed by atoms with Gasteiger partial charge in [-0.25, -0.2) is 17.9 Å². The van der Waals surface area contributed by atoms with Gasteiger partial charge >= 0.3 is 6.09 Å². The molecular weight excluding hydrogens is 494 g/mol. The lowest BCUT2D eigenvalue weighted by Gasteiger charge is -2.25. The molecule has 0 radical (unpaired) electrons. The molecule has 1 aliphatic heterocycles. The van der Waals surface area contributed by atoms with Gasteiger partial charge in [-0.05, 0) is 65.1 Å². The van der Waals surface area contributed by atoms with E-state index in [1.165, 1.54) is 7.05 Å². The fourth-order valence-corrected chi connectivity index (χ4v) is 5.68. The maximum atomic E-state index is 12.7. The first kappa shape index (κ1) is 22.8. The molecule has 7 nitrogen and oxygen atoms in total. The smallest absolute Gasteiger partial charge is 0.410 e. The predicted molar refractivity (Wildman–Crippen MR) is 128 cm³/mol. The van der Waals surface area contributed by atoms with E-state index in [0.717, 1.165) is 33.8 Å². The van der Waals surface area contributed by atoms with E-state index in [1.807, 2.05) is 59.6 Å². The molecule has 2 aromatic carbocycles. The number of carbonyl (C=O) groups is 1. The van der Waals surface area contributed by atoms with E-state index in [-0.39, 0.29) is 24.5 Å². The molecule has 1 amide bonds. The highest BCUT2D eigenvalue weighted by atomic mass is 79.9. The molecule has 1 N–H and O–H groups in total. The van der Waals surface area contributed by atoms with Crippen LogP contribution in [0.4, 0.5) is 4.79 Å². The molecule has 3 aromatic rings. The Morgan fingerprint density at radius 1 is 1.19 bits per heavy atom. The molecule has 0 bridgehead atoms. The number of benzene rings is 2. The standard InChI is InChI=1S/C23H26BrN3O4S/c1-25-32(29,30)16-18-12-19-9-11-26(22(19)21(24)13-18)14-20-8-5-10-27(20)23(28)31-15-17-6-3-2-4-7-17/h2-4,6-7,9,11-13,20,25H,5,8,10,14-16H2,1H3. The summed E-state index contributed by atoms with van der Waals surface area (Å²) in [5, 5.41) is 0.955. The third-order valence-electron chi connectivity index (χ3n) is 5.77. The maximum Gasteiger partial charge on any atom is 0.410 e. The molecule has 1 atom stereocenters. The summed E-state index contributed by atoms with van der Waals surface area (Å²) in [7, 11) is -1.93. The highest BCUT2D eigenvalue weighted by Crippen LogP contribution is 2.30. The van der Waals surface area contributed by atoms with E-state index in [1.54, 1.807) is 0 Å². The molecule has 32 heavy (non-hydrogen) atoms. The second kappa shape index (κ2) is 9.64. The van der Waals surface area contributed by atoms with Crippen molar-refractivity contribution < 1.29 is 17.9 Å². The molecule has 0 saturated carbocycles. The zero-order valence-electron chi connectivity index (χ0n) is 17.8. The minimum Gasteiger partial charge on any atom is -0.445 e. The maximum absolute atomic E-state index is 12.7. The number of hydrogen-bond acceptors (Lipinski definition) is 4. The summed E-state index contributed by atoms with van der Waals surface area (Å²) in [6, 6.07) is 15.4. The minimum absolute atomic E-state index is 0.0464. The molecular formula is C23H26BrN3O4S.